The molecule has 1 aromatic carbocycles. The number of hydrogen-bond donors (Lipinski definition) is 1. The van der Waals surface area contributed by atoms with Crippen LogP contribution in [0.5, 0.6) is 0 Å². The van der Waals surface area contributed by atoms with Crippen LogP contribution in [0.3, 0.4) is 0 Å². The van der Waals surface area contributed by atoms with E-state index >= 15 is 0 Å². The van der Waals surface area contributed by atoms with Gasteiger partial charge in [0.05, 0.1) is 5.69 Å². The number of hydrogen-bond acceptors (Lipinski definition) is 2. The molecule has 0 amide bonds. The molecule has 3 heteroatoms. The second-order valence-corrected chi connectivity index (χ2v) is 4.38. The number of nitrogens with zero attached hydrogens (tertiary/aromatic N) is 1. The van der Waals surface area contributed by atoms with Crippen LogP contribution in [0.2, 0.25) is 0 Å². The zero-order valence-electron chi connectivity index (χ0n) is 9.75. The van der Waals surface area contributed by atoms with E-state index in [1.54, 1.807) is 6.07 Å². The van der Waals surface area contributed by atoms with Gasteiger partial charge in [0.15, 0.2) is 0 Å². The molecule has 16 heavy (non-hydrogen) atoms. The van der Waals surface area contributed by atoms with E-state index in [-0.39, 0.29) is 5.82 Å². The minimum absolute atomic E-state index is 0.136. The van der Waals surface area contributed by atoms with Crippen molar-refractivity contribution in [3.63, 3.8) is 0 Å². The van der Waals surface area contributed by atoms with E-state index in [4.69, 9.17) is 5.73 Å². The Bertz CT molecular complexity index is 361. The largest absolute Gasteiger partial charge is 0.366 e. The molecular formula is C13H19FN2. The predicted octanol–water partition coefficient (Wildman–Crippen LogP) is 2.66. The smallest absolute Gasteiger partial charge is 0.146 e. The molecule has 0 spiro atoms. The summed E-state index contributed by atoms with van der Waals surface area (Å²) in [6, 6.07) is 5.71. The molecule has 0 aromatic heterocycles. The number of anilines is 1. The Kier molecular flexibility index (Phi) is 3.44. The van der Waals surface area contributed by atoms with Gasteiger partial charge in [-0.05, 0) is 30.9 Å². The van der Waals surface area contributed by atoms with Crippen LogP contribution < -0.4 is 10.6 Å². The van der Waals surface area contributed by atoms with E-state index in [2.05, 4.69) is 11.8 Å². The van der Waals surface area contributed by atoms with Crippen LogP contribution in [0.4, 0.5) is 10.1 Å². The molecule has 0 unspecified atom stereocenters. The monoisotopic (exact) mass is 222 g/mol. The predicted molar refractivity (Wildman–Crippen MR) is 65.0 cm³/mol. The average molecular weight is 222 g/mol. The van der Waals surface area contributed by atoms with Crippen molar-refractivity contribution in [1.29, 1.82) is 0 Å². The van der Waals surface area contributed by atoms with Crippen LogP contribution >= 0.6 is 0 Å². The minimum atomic E-state index is -0.136. The van der Waals surface area contributed by atoms with E-state index in [0.29, 0.717) is 12.6 Å². The lowest BCUT2D eigenvalue weighted by molar-refractivity contribution is 0.610. The van der Waals surface area contributed by atoms with E-state index in [1.165, 1.54) is 18.9 Å². The summed E-state index contributed by atoms with van der Waals surface area (Å²) in [4.78, 5) is 2.19. The maximum absolute atomic E-state index is 13.9. The summed E-state index contributed by atoms with van der Waals surface area (Å²) in [5.74, 6) is -0.136. The Labute approximate surface area is 96.2 Å². The van der Waals surface area contributed by atoms with Crippen molar-refractivity contribution in [2.45, 2.75) is 38.8 Å². The van der Waals surface area contributed by atoms with Crippen LogP contribution in [0.15, 0.2) is 18.2 Å². The molecule has 2 rings (SSSR count). The van der Waals surface area contributed by atoms with Crippen molar-refractivity contribution < 1.29 is 4.39 Å². The van der Waals surface area contributed by atoms with Gasteiger partial charge in [-0.15, -0.1) is 0 Å². The Morgan fingerprint density at radius 3 is 2.75 bits per heavy atom. The quantitative estimate of drug-likeness (QED) is 0.830. The fourth-order valence-corrected chi connectivity index (χ4v) is 2.15. The van der Waals surface area contributed by atoms with Crippen molar-refractivity contribution in [1.82, 2.24) is 0 Å². The molecule has 1 aliphatic carbocycles. The standard InChI is InChI=1S/C13H19FN2/c1-2-8-16(11-6-7-11)13-10(9-15)4-3-5-12(13)14/h3-5,11H,2,6-9,15H2,1H3. The molecule has 1 fully saturated rings. The van der Waals surface area contributed by atoms with Crippen LogP contribution in [0.1, 0.15) is 31.7 Å². The molecule has 1 aliphatic rings. The fourth-order valence-electron chi connectivity index (χ4n) is 2.15. The first-order chi connectivity index (χ1) is 7.77. The fraction of sp³-hybridized carbons (Fsp3) is 0.538. The average Bonchev–Trinajstić information content (AvgIpc) is 3.10. The number of rotatable bonds is 5. The van der Waals surface area contributed by atoms with E-state index in [0.717, 1.165) is 24.2 Å². The Hall–Kier alpha value is -1.09. The molecule has 0 atom stereocenters. The number of nitrogens with two attached hydrogens (primary N) is 1. The Balaban J connectivity index is 2.34. The van der Waals surface area contributed by atoms with E-state index in [1.807, 2.05) is 6.07 Å². The molecule has 1 saturated carbocycles. The maximum Gasteiger partial charge on any atom is 0.146 e. The van der Waals surface area contributed by atoms with Gasteiger partial charge in [0.2, 0.25) is 0 Å². The third kappa shape index (κ3) is 2.19. The highest BCUT2D eigenvalue weighted by Gasteiger charge is 2.31. The van der Waals surface area contributed by atoms with Crippen molar-refractivity contribution >= 4 is 5.69 Å². The summed E-state index contributed by atoms with van der Waals surface area (Å²) in [6.45, 7) is 3.44. The van der Waals surface area contributed by atoms with Gasteiger partial charge in [-0.1, -0.05) is 19.1 Å². The lowest BCUT2D eigenvalue weighted by Gasteiger charge is -2.26. The summed E-state index contributed by atoms with van der Waals surface area (Å²) in [5, 5.41) is 0. The molecule has 2 N–H and O–H groups in total. The minimum Gasteiger partial charge on any atom is -0.366 e. The van der Waals surface area contributed by atoms with Gasteiger partial charge >= 0.3 is 0 Å². The third-order valence-electron chi connectivity index (χ3n) is 3.03. The SMILES string of the molecule is CCCN(c1c(F)cccc1CN)C1CC1. The summed E-state index contributed by atoms with van der Waals surface area (Å²) in [6.07, 6.45) is 3.39. The molecule has 88 valence electrons. The normalized spacial score (nSPS) is 15.2. The molecule has 0 radical (unpaired) electrons. The van der Waals surface area contributed by atoms with Crippen LogP contribution in [0, 0.1) is 5.82 Å². The Morgan fingerprint density at radius 2 is 2.19 bits per heavy atom. The lowest BCUT2D eigenvalue weighted by Crippen LogP contribution is -2.29. The van der Waals surface area contributed by atoms with Crippen molar-refractivity contribution in [2.75, 3.05) is 11.4 Å². The molecule has 2 nitrogen and oxygen atoms in total. The maximum atomic E-state index is 13.9. The van der Waals surface area contributed by atoms with Crippen LogP contribution in [-0.2, 0) is 6.54 Å². The highest BCUT2D eigenvalue weighted by Crippen LogP contribution is 2.35. The third-order valence-corrected chi connectivity index (χ3v) is 3.03. The van der Waals surface area contributed by atoms with E-state index < -0.39 is 0 Å². The van der Waals surface area contributed by atoms with Crippen molar-refractivity contribution in [2.24, 2.45) is 5.73 Å². The van der Waals surface area contributed by atoms with Gasteiger partial charge in [-0.3, -0.25) is 0 Å². The molecule has 0 heterocycles. The summed E-state index contributed by atoms with van der Waals surface area (Å²) in [5.41, 5.74) is 7.33. The molecule has 1 aromatic rings. The van der Waals surface area contributed by atoms with Crippen molar-refractivity contribution in [3.8, 4) is 0 Å². The first-order valence-corrected chi connectivity index (χ1v) is 6.02. The van der Waals surface area contributed by atoms with Crippen LogP contribution in [-0.4, -0.2) is 12.6 Å². The molecule has 0 saturated heterocycles. The van der Waals surface area contributed by atoms with E-state index in [9.17, 15) is 4.39 Å². The lowest BCUT2D eigenvalue weighted by atomic mass is 10.1. The number of benzene rings is 1. The first-order valence-electron chi connectivity index (χ1n) is 6.02. The second-order valence-electron chi connectivity index (χ2n) is 4.38. The summed E-state index contributed by atoms with van der Waals surface area (Å²) >= 11 is 0. The van der Waals surface area contributed by atoms with Crippen LogP contribution in [0.25, 0.3) is 0 Å². The van der Waals surface area contributed by atoms with Gasteiger partial charge < -0.3 is 10.6 Å². The first kappa shape index (κ1) is 11.4. The Morgan fingerprint density at radius 1 is 1.44 bits per heavy atom. The summed E-state index contributed by atoms with van der Waals surface area (Å²) in [7, 11) is 0. The highest BCUT2D eigenvalue weighted by molar-refractivity contribution is 5.56. The van der Waals surface area contributed by atoms with Crippen molar-refractivity contribution in [3.05, 3.63) is 29.6 Å². The van der Waals surface area contributed by atoms with Gasteiger partial charge in [-0.2, -0.15) is 0 Å². The molecule has 0 aliphatic heterocycles. The number of para-hydroxylation sites is 1. The number of halogens is 1. The highest BCUT2D eigenvalue weighted by atomic mass is 19.1. The summed E-state index contributed by atoms with van der Waals surface area (Å²) < 4.78 is 13.9. The zero-order chi connectivity index (χ0) is 11.5. The van der Waals surface area contributed by atoms with Gasteiger partial charge in [0.25, 0.3) is 0 Å². The molecular weight excluding hydrogens is 203 g/mol. The molecule has 0 bridgehead atoms. The van der Waals surface area contributed by atoms with Gasteiger partial charge in [0.1, 0.15) is 5.82 Å². The van der Waals surface area contributed by atoms with Gasteiger partial charge in [0, 0.05) is 19.1 Å². The topological polar surface area (TPSA) is 29.3 Å². The zero-order valence-corrected chi connectivity index (χ0v) is 9.75. The second kappa shape index (κ2) is 4.83. The van der Waals surface area contributed by atoms with Gasteiger partial charge in [-0.25, -0.2) is 4.39 Å².